The molecule has 0 fully saturated rings. The van der Waals surface area contributed by atoms with Crippen LogP contribution in [0, 0.1) is 5.82 Å². The van der Waals surface area contributed by atoms with E-state index in [1.165, 1.54) is 12.1 Å². The Kier molecular flexibility index (Phi) is 3.39. The summed E-state index contributed by atoms with van der Waals surface area (Å²) in [4.78, 5) is 0. The van der Waals surface area contributed by atoms with Crippen LogP contribution in [0.4, 0.5) is 4.39 Å². The lowest BCUT2D eigenvalue weighted by Crippen LogP contribution is -2.25. The number of benzene rings is 1. The molecule has 0 radical (unpaired) electrons. The van der Waals surface area contributed by atoms with E-state index in [0.29, 0.717) is 0 Å². The normalized spacial score (nSPS) is 15.4. The lowest BCUT2D eigenvalue weighted by atomic mass is 9.95. The third-order valence-corrected chi connectivity index (χ3v) is 2.19. The molecular weight excluding hydrogens is 169 g/mol. The summed E-state index contributed by atoms with van der Waals surface area (Å²) in [5.74, 6) is -0.408. The van der Waals surface area contributed by atoms with Gasteiger partial charge < -0.3 is 10.8 Å². The molecule has 0 aliphatic heterocycles. The standard InChI is InChI=1S/C10H14FNO/c1-7(10(13)6-12)8-3-2-4-9(11)5-8/h2-5,7,10,13H,6,12H2,1H3. The highest BCUT2D eigenvalue weighted by Gasteiger charge is 2.14. The van der Waals surface area contributed by atoms with Crippen LogP contribution in [0.3, 0.4) is 0 Å². The smallest absolute Gasteiger partial charge is 0.123 e. The molecule has 1 aromatic carbocycles. The van der Waals surface area contributed by atoms with Gasteiger partial charge in [0.15, 0.2) is 0 Å². The first-order valence-electron chi connectivity index (χ1n) is 4.28. The molecule has 0 saturated heterocycles. The van der Waals surface area contributed by atoms with Gasteiger partial charge >= 0.3 is 0 Å². The minimum Gasteiger partial charge on any atom is -0.391 e. The number of aliphatic hydroxyl groups is 1. The molecule has 2 atom stereocenters. The number of hydrogen-bond acceptors (Lipinski definition) is 2. The van der Waals surface area contributed by atoms with Crippen molar-refractivity contribution in [1.29, 1.82) is 0 Å². The number of hydrogen-bond donors (Lipinski definition) is 2. The van der Waals surface area contributed by atoms with Crippen LogP contribution in [-0.4, -0.2) is 17.8 Å². The molecule has 0 spiro atoms. The molecule has 0 aliphatic carbocycles. The minimum atomic E-state index is -0.609. The first-order chi connectivity index (χ1) is 6.15. The maximum atomic E-state index is 12.8. The van der Waals surface area contributed by atoms with Gasteiger partial charge in [0, 0.05) is 12.5 Å². The SMILES string of the molecule is CC(c1cccc(F)c1)C(O)CN. The van der Waals surface area contributed by atoms with E-state index in [4.69, 9.17) is 5.73 Å². The predicted molar refractivity (Wildman–Crippen MR) is 49.9 cm³/mol. The summed E-state index contributed by atoms with van der Waals surface area (Å²) in [7, 11) is 0. The van der Waals surface area contributed by atoms with Crippen LogP contribution in [0.5, 0.6) is 0 Å². The molecule has 3 heteroatoms. The van der Waals surface area contributed by atoms with Crippen LogP contribution in [0.15, 0.2) is 24.3 Å². The zero-order chi connectivity index (χ0) is 9.84. The Bertz CT molecular complexity index is 277. The average Bonchev–Trinajstić information content (AvgIpc) is 2.15. The Balaban J connectivity index is 2.82. The summed E-state index contributed by atoms with van der Waals surface area (Å²) >= 11 is 0. The van der Waals surface area contributed by atoms with Crippen molar-refractivity contribution in [2.45, 2.75) is 18.9 Å². The van der Waals surface area contributed by atoms with Gasteiger partial charge in [0.25, 0.3) is 0 Å². The molecule has 0 aliphatic rings. The highest BCUT2D eigenvalue weighted by atomic mass is 19.1. The topological polar surface area (TPSA) is 46.2 Å². The van der Waals surface area contributed by atoms with Crippen molar-refractivity contribution in [2.75, 3.05) is 6.54 Å². The van der Waals surface area contributed by atoms with Gasteiger partial charge in [0.05, 0.1) is 6.10 Å². The molecule has 0 aromatic heterocycles. The van der Waals surface area contributed by atoms with Gasteiger partial charge in [0.1, 0.15) is 5.82 Å². The quantitative estimate of drug-likeness (QED) is 0.740. The summed E-state index contributed by atoms with van der Waals surface area (Å²) in [6.07, 6.45) is -0.609. The van der Waals surface area contributed by atoms with Crippen molar-refractivity contribution in [1.82, 2.24) is 0 Å². The largest absolute Gasteiger partial charge is 0.391 e. The second-order valence-electron chi connectivity index (χ2n) is 3.15. The molecule has 2 unspecified atom stereocenters. The molecule has 13 heavy (non-hydrogen) atoms. The van der Waals surface area contributed by atoms with Gasteiger partial charge in [-0.2, -0.15) is 0 Å². The van der Waals surface area contributed by atoms with Crippen LogP contribution >= 0.6 is 0 Å². The maximum Gasteiger partial charge on any atom is 0.123 e. The van der Waals surface area contributed by atoms with E-state index < -0.39 is 6.10 Å². The summed E-state index contributed by atoms with van der Waals surface area (Å²) in [6, 6.07) is 6.21. The van der Waals surface area contributed by atoms with E-state index in [-0.39, 0.29) is 18.3 Å². The summed E-state index contributed by atoms with van der Waals surface area (Å²) < 4.78 is 12.8. The fraction of sp³-hybridized carbons (Fsp3) is 0.400. The third-order valence-electron chi connectivity index (χ3n) is 2.19. The van der Waals surface area contributed by atoms with Crippen LogP contribution in [0.1, 0.15) is 18.4 Å². The van der Waals surface area contributed by atoms with Crippen LogP contribution in [0.25, 0.3) is 0 Å². The van der Waals surface area contributed by atoms with Crippen LogP contribution < -0.4 is 5.73 Å². The van der Waals surface area contributed by atoms with Crippen molar-refractivity contribution in [3.05, 3.63) is 35.6 Å². The van der Waals surface area contributed by atoms with Gasteiger partial charge in [-0.1, -0.05) is 19.1 Å². The molecule has 1 rings (SSSR count). The third kappa shape index (κ3) is 2.50. The van der Waals surface area contributed by atoms with Crippen molar-refractivity contribution in [2.24, 2.45) is 5.73 Å². The van der Waals surface area contributed by atoms with Crippen LogP contribution in [0.2, 0.25) is 0 Å². The van der Waals surface area contributed by atoms with Crippen molar-refractivity contribution in [3.8, 4) is 0 Å². The van der Waals surface area contributed by atoms with Gasteiger partial charge in [0.2, 0.25) is 0 Å². The zero-order valence-corrected chi connectivity index (χ0v) is 7.57. The highest BCUT2D eigenvalue weighted by Crippen LogP contribution is 2.19. The summed E-state index contributed by atoms with van der Waals surface area (Å²) in [5, 5.41) is 9.42. The Morgan fingerprint density at radius 3 is 2.77 bits per heavy atom. The number of halogens is 1. The average molecular weight is 183 g/mol. The second kappa shape index (κ2) is 4.35. The number of aliphatic hydroxyl groups excluding tert-OH is 1. The first kappa shape index (κ1) is 10.2. The molecule has 0 bridgehead atoms. The molecule has 1 aromatic rings. The molecule has 72 valence electrons. The summed E-state index contributed by atoms with van der Waals surface area (Å²) in [6.45, 7) is 2.02. The van der Waals surface area contributed by atoms with E-state index in [1.807, 2.05) is 6.92 Å². The van der Waals surface area contributed by atoms with Gasteiger partial charge in [-0.15, -0.1) is 0 Å². The lowest BCUT2D eigenvalue weighted by molar-refractivity contribution is 0.157. The molecular formula is C10H14FNO. The first-order valence-corrected chi connectivity index (χ1v) is 4.28. The fourth-order valence-electron chi connectivity index (χ4n) is 1.22. The van der Waals surface area contributed by atoms with E-state index in [2.05, 4.69) is 0 Å². The van der Waals surface area contributed by atoms with E-state index >= 15 is 0 Å². The minimum absolute atomic E-state index is 0.124. The fourth-order valence-corrected chi connectivity index (χ4v) is 1.22. The molecule has 0 heterocycles. The van der Waals surface area contributed by atoms with Gasteiger partial charge in [-0.3, -0.25) is 0 Å². The van der Waals surface area contributed by atoms with E-state index in [1.54, 1.807) is 12.1 Å². The molecule has 3 N–H and O–H groups in total. The number of rotatable bonds is 3. The highest BCUT2D eigenvalue weighted by molar-refractivity contribution is 5.21. The molecule has 0 amide bonds. The Morgan fingerprint density at radius 2 is 2.23 bits per heavy atom. The summed E-state index contributed by atoms with van der Waals surface area (Å²) in [5.41, 5.74) is 6.08. The van der Waals surface area contributed by atoms with Crippen molar-refractivity contribution in [3.63, 3.8) is 0 Å². The monoisotopic (exact) mass is 183 g/mol. The predicted octanol–water partition coefficient (Wildman–Crippen LogP) is 1.25. The molecule has 2 nitrogen and oxygen atoms in total. The van der Waals surface area contributed by atoms with Gasteiger partial charge in [-0.25, -0.2) is 4.39 Å². The van der Waals surface area contributed by atoms with E-state index in [9.17, 15) is 9.50 Å². The maximum absolute atomic E-state index is 12.8. The lowest BCUT2D eigenvalue weighted by Gasteiger charge is -2.17. The number of nitrogens with two attached hydrogens (primary N) is 1. The van der Waals surface area contributed by atoms with Crippen molar-refractivity contribution >= 4 is 0 Å². The van der Waals surface area contributed by atoms with Crippen molar-refractivity contribution < 1.29 is 9.50 Å². The van der Waals surface area contributed by atoms with Gasteiger partial charge in [-0.05, 0) is 17.7 Å². The Hall–Kier alpha value is -0.930. The Morgan fingerprint density at radius 1 is 1.54 bits per heavy atom. The molecule has 0 saturated carbocycles. The zero-order valence-electron chi connectivity index (χ0n) is 7.57. The second-order valence-corrected chi connectivity index (χ2v) is 3.15. The Labute approximate surface area is 77.2 Å². The van der Waals surface area contributed by atoms with E-state index in [0.717, 1.165) is 5.56 Å². The van der Waals surface area contributed by atoms with Crippen LogP contribution in [-0.2, 0) is 0 Å².